The molecule has 0 spiro atoms. The summed E-state index contributed by atoms with van der Waals surface area (Å²) in [6.45, 7) is 9.88. The van der Waals surface area contributed by atoms with Crippen LogP contribution < -0.4 is 10.6 Å². The van der Waals surface area contributed by atoms with Crippen molar-refractivity contribution in [2.75, 3.05) is 20.1 Å². The Hall–Kier alpha value is -0.860. The molecule has 96 valence electrons. The van der Waals surface area contributed by atoms with Crippen molar-refractivity contribution < 1.29 is 0 Å². The fourth-order valence-corrected chi connectivity index (χ4v) is 2.01. The van der Waals surface area contributed by atoms with E-state index in [2.05, 4.69) is 55.7 Å². The third kappa shape index (κ3) is 4.88. The van der Waals surface area contributed by atoms with Crippen molar-refractivity contribution in [2.45, 2.75) is 27.3 Å². The summed E-state index contributed by atoms with van der Waals surface area (Å²) in [4.78, 5) is 0. The van der Waals surface area contributed by atoms with E-state index in [9.17, 15) is 0 Å². The lowest BCUT2D eigenvalue weighted by Crippen LogP contribution is -2.33. The molecule has 0 aliphatic carbocycles. The van der Waals surface area contributed by atoms with Crippen LogP contribution in [0.1, 0.15) is 25.0 Å². The molecule has 0 fully saturated rings. The number of rotatable bonds is 7. The van der Waals surface area contributed by atoms with Gasteiger partial charge in [-0.15, -0.1) is 0 Å². The van der Waals surface area contributed by atoms with Gasteiger partial charge in [0.25, 0.3) is 0 Å². The SMILES string of the molecule is CNCC(CNCc1ccccc1C)C(C)C. The molecule has 0 radical (unpaired) electrons. The Morgan fingerprint density at radius 1 is 1.12 bits per heavy atom. The molecule has 0 aliphatic rings. The van der Waals surface area contributed by atoms with Crippen molar-refractivity contribution in [3.05, 3.63) is 35.4 Å². The quantitative estimate of drug-likeness (QED) is 0.758. The van der Waals surface area contributed by atoms with Crippen LogP contribution in [0.3, 0.4) is 0 Å². The molecule has 1 atom stereocenters. The van der Waals surface area contributed by atoms with Gasteiger partial charge in [0.1, 0.15) is 0 Å². The van der Waals surface area contributed by atoms with Crippen LogP contribution in [0.4, 0.5) is 0 Å². The lowest BCUT2D eigenvalue weighted by atomic mass is 9.95. The Bertz CT molecular complexity index is 320. The molecule has 2 nitrogen and oxygen atoms in total. The van der Waals surface area contributed by atoms with E-state index >= 15 is 0 Å². The zero-order valence-electron chi connectivity index (χ0n) is 11.6. The second-order valence-corrected chi connectivity index (χ2v) is 5.12. The predicted octanol–water partition coefficient (Wildman–Crippen LogP) is 2.58. The van der Waals surface area contributed by atoms with E-state index in [1.165, 1.54) is 11.1 Å². The normalized spacial score (nSPS) is 13.0. The van der Waals surface area contributed by atoms with E-state index in [1.54, 1.807) is 0 Å². The van der Waals surface area contributed by atoms with E-state index in [-0.39, 0.29) is 0 Å². The minimum Gasteiger partial charge on any atom is -0.319 e. The summed E-state index contributed by atoms with van der Waals surface area (Å²) in [5, 5.41) is 6.84. The number of hydrogen-bond acceptors (Lipinski definition) is 2. The predicted molar refractivity (Wildman–Crippen MR) is 75.1 cm³/mol. The van der Waals surface area contributed by atoms with Crippen LogP contribution >= 0.6 is 0 Å². The van der Waals surface area contributed by atoms with Crippen LogP contribution in [-0.2, 0) is 6.54 Å². The van der Waals surface area contributed by atoms with E-state index in [4.69, 9.17) is 0 Å². The maximum Gasteiger partial charge on any atom is 0.0208 e. The van der Waals surface area contributed by atoms with Crippen LogP contribution in [-0.4, -0.2) is 20.1 Å². The van der Waals surface area contributed by atoms with Gasteiger partial charge in [-0.05, 0) is 50.0 Å². The molecule has 0 aromatic heterocycles. The standard InChI is InChI=1S/C15H26N2/c1-12(2)15(9-16-4)11-17-10-14-8-6-5-7-13(14)3/h5-8,12,15-17H,9-11H2,1-4H3. The summed E-state index contributed by atoms with van der Waals surface area (Å²) in [6, 6.07) is 8.57. The van der Waals surface area contributed by atoms with Crippen LogP contribution in [0, 0.1) is 18.8 Å². The van der Waals surface area contributed by atoms with Crippen molar-refractivity contribution in [3.63, 3.8) is 0 Å². The average molecular weight is 234 g/mol. The molecular formula is C15H26N2. The van der Waals surface area contributed by atoms with Crippen molar-refractivity contribution in [2.24, 2.45) is 11.8 Å². The topological polar surface area (TPSA) is 24.1 Å². The van der Waals surface area contributed by atoms with Crippen molar-refractivity contribution in [3.8, 4) is 0 Å². The smallest absolute Gasteiger partial charge is 0.0208 e. The maximum absolute atomic E-state index is 3.57. The van der Waals surface area contributed by atoms with Crippen LogP contribution in [0.25, 0.3) is 0 Å². The molecule has 0 aliphatic heterocycles. The van der Waals surface area contributed by atoms with Gasteiger partial charge in [-0.1, -0.05) is 38.1 Å². The van der Waals surface area contributed by atoms with Gasteiger partial charge in [-0.2, -0.15) is 0 Å². The van der Waals surface area contributed by atoms with E-state index in [1.807, 2.05) is 7.05 Å². The Morgan fingerprint density at radius 2 is 1.82 bits per heavy atom. The molecule has 1 unspecified atom stereocenters. The van der Waals surface area contributed by atoms with Gasteiger partial charge in [0.15, 0.2) is 0 Å². The van der Waals surface area contributed by atoms with Crippen molar-refractivity contribution in [1.82, 2.24) is 10.6 Å². The number of benzene rings is 1. The highest BCUT2D eigenvalue weighted by Crippen LogP contribution is 2.10. The molecule has 0 heterocycles. The minimum atomic E-state index is 0.698. The van der Waals surface area contributed by atoms with E-state index in [0.29, 0.717) is 11.8 Å². The van der Waals surface area contributed by atoms with E-state index in [0.717, 1.165) is 19.6 Å². The second-order valence-electron chi connectivity index (χ2n) is 5.12. The number of hydrogen-bond donors (Lipinski definition) is 2. The Balaban J connectivity index is 2.38. The monoisotopic (exact) mass is 234 g/mol. The molecule has 0 bridgehead atoms. The van der Waals surface area contributed by atoms with Gasteiger partial charge in [0.05, 0.1) is 0 Å². The molecular weight excluding hydrogens is 208 g/mol. The van der Waals surface area contributed by atoms with Gasteiger partial charge in [0.2, 0.25) is 0 Å². The first-order chi connectivity index (χ1) is 8.15. The first-order valence-electron chi connectivity index (χ1n) is 6.55. The Morgan fingerprint density at radius 3 is 2.41 bits per heavy atom. The number of nitrogens with one attached hydrogen (secondary N) is 2. The largest absolute Gasteiger partial charge is 0.319 e. The fourth-order valence-electron chi connectivity index (χ4n) is 2.01. The summed E-state index contributed by atoms with van der Waals surface area (Å²) >= 11 is 0. The molecule has 1 rings (SSSR count). The van der Waals surface area contributed by atoms with Crippen LogP contribution in [0.5, 0.6) is 0 Å². The Kier molecular flexibility index (Phi) is 6.23. The van der Waals surface area contributed by atoms with E-state index < -0.39 is 0 Å². The van der Waals surface area contributed by atoms with Crippen molar-refractivity contribution >= 4 is 0 Å². The third-order valence-electron chi connectivity index (χ3n) is 3.39. The molecule has 0 saturated heterocycles. The third-order valence-corrected chi connectivity index (χ3v) is 3.39. The highest BCUT2D eigenvalue weighted by atomic mass is 14.9. The summed E-state index contributed by atoms with van der Waals surface area (Å²) in [5.41, 5.74) is 2.77. The van der Waals surface area contributed by atoms with Crippen molar-refractivity contribution in [1.29, 1.82) is 0 Å². The Labute approximate surface area is 106 Å². The second kappa shape index (κ2) is 7.46. The van der Waals surface area contributed by atoms with Gasteiger partial charge < -0.3 is 10.6 Å². The zero-order valence-corrected chi connectivity index (χ0v) is 11.6. The summed E-state index contributed by atoms with van der Waals surface area (Å²) in [7, 11) is 2.02. The van der Waals surface area contributed by atoms with Gasteiger partial charge in [0, 0.05) is 6.54 Å². The van der Waals surface area contributed by atoms with Crippen LogP contribution in [0.15, 0.2) is 24.3 Å². The fraction of sp³-hybridized carbons (Fsp3) is 0.600. The zero-order chi connectivity index (χ0) is 12.7. The van der Waals surface area contributed by atoms with Gasteiger partial charge in [-0.3, -0.25) is 0 Å². The summed E-state index contributed by atoms with van der Waals surface area (Å²) < 4.78 is 0. The molecule has 0 saturated carbocycles. The molecule has 17 heavy (non-hydrogen) atoms. The average Bonchev–Trinajstić information content (AvgIpc) is 2.30. The molecule has 1 aromatic carbocycles. The van der Waals surface area contributed by atoms with Crippen LogP contribution in [0.2, 0.25) is 0 Å². The molecule has 2 heteroatoms. The highest BCUT2D eigenvalue weighted by molar-refractivity contribution is 5.25. The lowest BCUT2D eigenvalue weighted by molar-refractivity contribution is 0.352. The molecule has 0 amide bonds. The molecule has 2 N–H and O–H groups in total. The summed E-state index contributed by atoms with van der Waals surface area (Å²) in [6.07, 6.45) is 0. The first-order valence-corrected chi connectivity index (χ1v) is 6.55. The maximum atomic E-state index is 3.57. The lowest BCUT2D eigenvalue weighted by Gasteiger charge is -2.21. The highest BCUT2D eigenvalue weighted by Gasteiger charge is 2.11. The summed E-state index contributed by atoms with van der Waals surface area (Å²) in [5.74, 6) is 1.41. The molecule has 1 aromatic rings. The van der Waals surface area contributed by atoms with Gasteiger partial charge >= 0.3 is 0 Å². The number of aryl methyl sites for hydroxylation is 1. The van der Waals surface area contributed by atoms with Gasteiger partial charge in [-0.25, -0.2) is 0 Å². The first kappa shape index (κ1) is 14.2. The minimum absolute atomic E-state index is 0.698.